The molecule has 264 valence electrons. The molecule has 3 aliphatic carbocycles. The second kappa shape index (κ2) is 11.0. The van der Waals surface area contributed by atoms with Crippen LogP contribution in [0.4, 0.5) is 0 Å². The summed E-state index contributed by atoms with van der Waals surface area (Å²) in [5, 5.41) is 5.21. The number of hydrogen-bond acceptors (Lipinski definition) is 0. The molecule has 8 aromatic carbocycles. The third kappa shape index (κ3) is 4.34. The highest BCUT2D eigenvalue weighted by atomic mass is 14.4. The normalized spacial score (nSPS) is 16.4. The molecule has 8 aromatic rings. The fourth-order valence-corrected chi connectivity index (χ4v) is 10.8. The van der Waals surface area contributed by atoms with Gasteiger partial charge in [0.05, 0.1) is 0 Å². The molecule has 55 heavy (non-hydrogen) atoms. The van der Waals surface area contributed by atoms with Crippen LogP contribution in [0, 0.1) is 0 Å². The first-order chi connectivity index (χ1) is 26.5. The Morgan fingerprint density at radius 1 is 0.309 bits per heavy atom. The van der Waals surface area contributed by atoms with E-state index in [1.807, 2.05) is 0 Å². The molecule has 0 aromatic heterocycles. The molecule has 11 rings (SSSR count). The average Bonchev–Trinajstić information content (AvgIpc) is 3.71. The fraction of sp³-hybridized carbons (Fsp3) is 0.164. The predicted molar refractivity (Wildman–Crippen MR) is 235 cm³/mol. The van der Waals surface area contributed by atoms with Crippen molar-refractivity contribution < 1.29 is 0 Å². The molecule has 0 unspecified atom stereocenters. The maximum atomic E-state index is 2.50. The number of benzene rings is 8. The minimum Gasteiger partial charge on any atom is -0.0619 e. The number of rotatable bonds is 3. The van der Waals surface area contributed by atoms with Gasteiger partial charge in [0.25, 0.3) is 0 Å². The first-order valence-electron chi connectivity index (χ1n) is 19.9. The van der Waals surface area contributed by atoms with E-state index in [1.165, 1.54) is 111 Å². The summed E-state index contributed by atoms with van der Waals surface area (Å²) in [6.45, 7) is 14.3. The molecular weight excluding hydrogens is 661 g/mol. The third-order valence-electron chi connectivity index (χ3n) is 13.7. The van der Waals surface area contributed by atoms with E-state index in [1.54, 1.807) is 0 Å². The lowest BCUT2D eigenvalue weighted by Crippen LogP contribution is -2.16. The van der Waals surface area contributed by atoms with Crippen LogP contribution in [-0.4, -0.2) is 0 Å². The van der Waals surface area contributed by atoms with E-state index in [2.05, 4.69) is 199 Å². The Labute approximate surface area is 324 Å². The van der Waals surface area contributed by atoms with E-state index < -0.39 is 0 Å². The molecule has 0 saturated carbocycles. The maximum absolute atomic E-state index is 2.50. The van der Waals surface area contributed by atoms with Crippen molar-refractivity contribution in [3.8, 4) is 44.5 Å². The Balaban J connectivity index is 1.20. The van der Waals surface area contributed by atoms with Gasteiger partial charge >= 0.3 is 0 Å². The van der Waals surface area contributed by atoms with Gasteiger partial charge in [-0.3, -0.25) is 0 Å². The van der Waals surface area contributed by atoms with Gasteiger partial charge in [-0.15, -0.1) is 0 Å². The summed E-state index contributed by atoms with van der Waals surface area (Å²) in [7, 11) is 0. The Morgan fingerprint density at radius 2 is 0.818 bits per heavy atom. The lowest BCUT2D eigenvalue weighted by Gasteiger charge is -2.28. The van der Waals surface area contributed by atoms with Gasteiger partial charge in [-0.1, -0.05) is 175 Å². The minimum absolute atomic E-state index is 0.0395. The van der Waals surface area contributed by atoms with Gasteiger partial charge in [-0.25, -0.2) is 0 Å². The van der Waals surface area contributed by atoms with E-state index in [-0.39, 0.29) is 16.2 Å². The molecule has 0 heterocycles. The average molecular weight is 705 g/mol. The number of allylic oxidation sites excluding steroid dienone is 1. The molecule has 0 aliphatic heterocycles. The molecule has 0 bridgehead atoms. The second-order valence-electron chi connectivity index (χ2n) is 17.7. The van der Waals surface area contributed by atoms with Crippen molar-refractivity contribution in [2.45, 2.75) is 57.8 Å². The van der Waals surface area contributed by atoms with Crippen molar-refractivity contribution in [3.63, 3.8) is 0 Å². The predicted octanol–water partition coefficient (Wildman–Crippen LogP) is 14.8. The van der Waals surface area contributed by atoms with Gasteiger partial charge < -0.3 is 0 Å². The maximum Gasteiger partial charge on any atom is 0.0159 e. The highest BCUT2D eigenvalue weighted by Crippen LogP contribution is 2.55. The second-order valence-corrected chi connectivity index (χ2v) is 17.7. The van der Waals surface area contributed by atoms with Crippen molar-refractivity contribution in [1.82, 2.24) is 0 Å². The first kappa shape index (κ1) is 32.5. The zero-order valence-corrected chi connectivity index (χ0v) is 32.5. The number of hydrogen-bond donors (Lipinski definition) is 0. The first-order valence-corrected chi connectivity index (χ1v) is 19.9. The minimum atomic E-state index is -0.143. The van der Waals surface area contributed by atoms with E-state index in [0.717, 1.165) is 0 Å². The molecule has 0 atom stereocenters. The molecule has 0 radical (unpaired) electrons. The highest BCUT2D eigenvalue weighted by molar-refractivity contribution is 6.22. The van der Waals surface area contributed by atoms with E-state index in [0.29, 0.717) is 0 Å². The lowest BCUT2D eigenvalue weighted by molar-refractivity contribution is 0.660. The molecular formula is C55H44. The SMILES string of the molecule is CC1(C)C(c2c3ccccc3c(-c3ccc4c(c3)-c3ccccc3C4(C)C)c3cc(-c4ccc5c(c4)C(C)(C)c4ccccc4-5)ccc23)=Cc2ccccc21. The van der Waals surface area contributed by atoms with Crippen LogP contribution in [0.2, 0.25) is 0 Å². The monoisotopic (exact) mass is 704 g/mol. The van der Waals surface area contributed by atoms with E-state index in [4.69, 9.17) is 0 Å². The van der Waals surface area contributed by atoms with Crippen molar-refractivity contribution in [1.29, 1.82) is 0 Å². The van der Waals surface area contributed by atoms with Gasteiger partial charge in [0.15, 0.2) is 0 Å². The van der Waals surface area contributed by atoms with Crippen molar-refractivity contribution in [2.24, 2.45) is 0 Å². The molecule has 0 N–H and O–H groups in total. The lowest BCUT2D eigenvalue weighted by atomic mass is 9.75. The van der Waals surface area contributed by atoms with E-state index in [9.17, 15) is 0 Å². The van der Waals surface area contributed by atoms with Crippen molar-refractivity contribution in [2.75, 3.05) is 0 Å². The zero-order valence-electron chi connectivity index (χ0n) is 32.5. The summed E-state index contributed by atoms with van der Waals surface area (Å²) in [5.74, 6) is 0. The molecule has 3 aliphatic rings. The van der Waals surface area contributed by atoms with Crippen LogP contribution in [0.5, 0.6) is 0 Å². The quantitative estimate of drug-likeness (QED) is 0.161. The van der Waals surface area contributed by atoms with E-state index >= 15 is 0 Å². The summed E-state index contributed by atoms with van der Waals surface area (Å²) >= 11 is 0. The molecule has 0 fully saturated rings. The van der Waals surface area contributed by atoms with Crippen LogP contribution in [0.25, 0.3) is 77.7 Å². The van der Waals surface area contributed by atoms with Crippen LogP contribution in [0.1, 0.15) is 80.5 Å². The van der Waals surface area contributed by atoms with Crippen molar-refractivity contribution >= 4 is 33.2 Å². The van der Waals surface area contributed by atoms with Gasteiger partial charge in [0.1, 0.15) is 0 Å². The Kier molecular flexibility index (Phi) is 6.52. The number of fused-ring (bicyclic) bond motifs is 9. The molecule has 0 saturated heterocycles. The van der Waals surface area contributed by atoms with Crippen LogP contribution in [-0.2, 0) is 16.2 Å². The summed E-state index contributed by atoms with van der Waals surface area (Å²) in [5.41, 5.74) is 21.4. The van der Waals surface area contributed by atoms with Gasteiger partial charge in [0.2, 0.25) is 0 Å². The van der Waals surface area contributed by atoms with Crippen LogP contribution in [0.15, 0.2) is 152 Å². The molecule has 0 amide bonds. The zero-order chi connectivity index (χ0) is 37.4. The highest BCUT2D eigenvalue weighted by Gasteiger charge is 2.38. The summed E-state index contributed by atoms with van der Waals surface area (Å²) in [6, 6.07) is 57.8. The Hall–Kier alpha value is -5.98. The molecule has 0 nitrogen and oxygen atoms in total. The van der Waals surface area contributed by atoms with Gasteiger partial charge in [-0.05, 0) is 135 Å². The Bertz CT molecular complexity index is 3000. The van der Waals surface area contributed by atoms with Crippen LogP contribution < -0.4 is 0 Å². The summed E-state index contributed by atoms with van der Waals surface area (Å²) < 4.78 is 0. The van der Waals surface area contributed by atoms with Crippen LogP contribution in [0.3, 0.4) is 0 Å². The van der Waals surface area contributed by atoms with Crippen LogP contribution >= 0.6 is 0 Å². The topological polar surface area (TPSA) is 0 Å². The molecule has 0 heteroatoms. The standard InChI is InChI=1S/C55H44/c1-53(2)45-20-12-7-15-35(45)32-50(53)52-41-19-9-8-18-40(41)51(36-25-28-48-43(30-36)38-17-11-14-22-47(38)54(48,3)4)44-29-33(24-27-42(44)52)34-23-26-39-37-16-10-13-21-46(37)55(5,6)49(39)31-34/h7-32H,1-6H3. The summed E-state index contributed by atoms with van der Waals surface area (Å²) in [4.78, 5) is 0. The third-order valence-corrected chi connectivity index (χ3v) is 13.7. The smallest absolute Gasteiger partial charge is 0.0159 e. The van der Waals surface area contributed by atoms with Crippen molar-refractivity contribution in [3.05, 3.63) is 191 Å². The van der Waals surface area contributed by atoms with Gasteiger partial charge in [0, 0.05) is 16.2 Å². The summed E-state index contributed by atoms with van der Waals surface area (Å²) in [6.07, 6.45) is 2.46. The fourth-order valence-electron chi connectivity index (χ4n) is 10.8. The largest absolute Gasteiger partial charge is 0.0619 e. The van der Waals surface area contributed by atoms with Gasteiger partial charge in [-0.2, -0.15) is 0 Å². The molecule has 0 spiro atoms. The Morgan fingerprint density at radius 3 is 1.55 bits per heavy atom.